The summed E-state index contributed by atoms with van der Waals surface area (Å²) in [6, 6.07) is 9.14. The average molecular weight is 458 g/mol. The molecular weight excluding hydrogens is 423 g/mol. The smallest absolute Gasteiger partial charge is 0.193 e. The minimum absolute atomic E-state index is 0. The molecule has 0 bridgehead atoms. The van der Waals surface area contributed by atoms with Crippen LogP contribution in [0.15, 0.2) is 29.3 Å². The molecule has 5 heteroatoms. The van der Waals surface area contributed by atoms with Crippen molar-refractivity contribution >= 4 is 35.6 Å². The highest BCUT2D eigenvalue weighted by molar-refractivity contribution is 14.0. The fourth-order valence-corrected chi connectivity index (χ4v) is 3.26. The van der Waals surface area contributed by atoms with Gasteiger partial charge in [-0.3, -0.25) is 4.99 Å². The average Bonchev–Trinajstić information content (AvgIpc) is 2.60. The molecule has 1 aliphatic rings. The van der Waals surface area contributed by atoms with Crippen LogP contribution < -0.4 is 11.1 Å². The van der Waals surface area contributed by atoms with Gasteiger partial charge in [0.1, 0.15) is 0 Å². The molecule has 1 aliphatic heterocycles. The van der Waals surface area contributed by atoms with Crippen LogP contribution in [0.3, 0.4) is 0 Å². The molecule has 25 heavy (non-hydrogen) atoms. The summed E-state index contributed by atoms with van der Waals surface area (Å²) in [5, 5.41) is 3.21. The summed E-state index contributed by atoms with van der Waals surface area (Å²) in [4.78, 5) is 7.11. The van der Waals surface area contributed by atoms with E-state index >= 15 is 0 Å². The number of nitrogens with one attached hydrogen (secondary N) is 1. The van der Waals surface area contributed by atoms with Gasteiger partial charge in [0.15, 0.2) is 5.96 Å². The minimum atomic E-state index is 0. The van der Waals surface area contributed by atoms with Crippen LogP contribution in [0.2, 0.25) is 0 Å². The lowest BCUT2D eigenvalue weighted by molar-refractivity contribution is 0.143. The number of nitrogens with two attached hydrogens (primary N) is 1. The second-order valence-corrected chi connectivity index (χ2v) is 7.38. The molecule has 0 amide bonds. The van der Waals surface area contributed by atoms with Crippen LogP contribution in [-0.2, 0) is 0 Å². The molecule has 1 heterocycles. The molecule has 1 aromatic rings. The molecule has 4 nitrogen and oxygen atoms in total. The van der Waals surface area contributed by atoms with E-state index in [1.54, 1.807) is 0 Å². The van der Waals surface area contributed by atoms with Gasteiger partial charge in [0, 0.05) is 24.8 Å². The highest BCUT2D eigenvalue weighted by atomic mass is 127. The SMILES string of the molecule is CCC(C)c1ccc(NC(N)=NCC2CCCN(C(C)C)C2)cc1.I. The van der Waals surface area contributed by atoms with Crippen molar-refractivity contribution in [1.82, 2.24) is 4.90 Å². The molecule has 1 saturated heterocycles. The van der Waals surface area contributed by atoms with Crippen molar-refractivity contribution in [3.05, 3.63) is 29.8 Å². The Morgan fingerprint density at radius 2 is 1.96 bits per heavy atom. The van der Waals surface area contributed by atoms with Crippen LogP contribution in [0.1, 0.15) is 58.4 Å². The van der Waals surface area contributed by atoms with Gasteiger partial charge < -0.3 is 16.0 Å². The Morgan fingerprint density at radius 3 is 2.56 bits per heavy atom. The highest BCUT2D eigenvalue weighted by Crippen LogP contribution is 2.21. The molecule has 2 unspecified atom stereocenters. The molecule has 0 saturated carbocycles. The minimum Gasteiger partial charge on any atom is -0.370 e. The van der Waals surface area contributed by atoms with Crippen molar-refractivity contribution in [2.24, 2.45) is 16.6 Å². The topological polar surface area (TPSA) is 53.6 Å². The van der Waals surface area contributed by atoms with Gasteiger partial charge >= 0.3 is 0 Å². The summed E-state index contributed by atoms with van der Waals surface area (Å²) < 4.78 is 0. The Hall–Kier alpha value is -0.820. The molecule has 0 spiro atoms. The molecule has 2 atom stereocenters. The maximum absolute atomic E-state index is 6.07. The molecule has 0 radical (unpaired) electrons. The van der Waals surface area contributed by atoms with Crippen molar-refractivity contribution in [3.63, 3.8) is 0 Å². The van der Waals surface area contributed by atoms with Crippen molar-refractivity contribution < 1.29 is 0 Å². The lowest BCUT2D eigenvalue weighted by Gasteiger charge is -2.34. The van der Waals surface area contributed by atoms with Crippen molar-refractivity contribution in [1.29, 1.82) is 0 Å². The van der Waals surface area contributed by atoms with Gasteiger partial charge in [-0.2, -0.15) is 0 Å². The lowest BCUT2D eigenvalue weighted by atomic mass is 9.97. The largest absolute Gasteiger partial charge is 0.370 e. The number of aliphatic imine (C=N–C) groups is 1. The van der Waals surface area contributed by atoms with Crippen LogP contribution in [0, 0.1) is 5.92 Å². The van der Waals surface area contributed by atoms with E-state index < -0.39 is 0 Å². The number of halogens is 1. The molecule has 0 aromatic heterocycles. The maximum Gasteiger partial charge on any atom is 0.193 e. The Labute approximate surface area is 170 Å². The summed E-state index contributed by atoms with van der Waals surface area (Å²) in [6.07, 6.45) is 3.68. The van der Waals surface area contributed by atoms with Gasteiger partial charge in [0.05, 0.1) is 0 Å². The first-order valence-corrected chi connectivity index (χ1v) is 9.40. The van der Waals surface area contributed by atoms with Gasteiger partial charge in [-0.15, -0.1) is 24.0 Å². The summed E-state index contributed by atoms with van der Waals surface area (Å²) in [5.41, 5.74) is 8.45. The summed E-state index contributed by atoms with van der Waals surface area (Å²) in [5.74, 6) is 1.74. The number of guanidine groups is 1. The highest BCUT2D eigenvalue weighted by Gasteiger charge is 2.21. The van der Waals surface area contributed by atoms with Crippen LogP contribution in [-0.4, -0.2) is 36.5 Å². The van der Waals surface area contributed by atoms with Crippen LogP contribution in [0.25, 0.3) is 0 Å². The molecule has 1 aromatic carbocycles. The zero-order chi connectivity index (χ0) is 17.5. The number of hydrogen-bond acceptors (Lipinski definition) is 2. The van der Waals surface area contributed by atoms with E-state index in [0.717, 1.165) is 25.2 Å². The molecule has 0 aliphatic carbocycles. The Balaban J connectivity index is 0.00000312. The quantitative estimate of drug-likeness (QED) is 0.370. The van der Waals surface area contributed by atoms with Gasteiger partial charge in [-0.05, 0) is 69.2 Å². The predicted molar refractivity (Wildman–Crippen MR) is 120 cm³/mol. The van der Waals surface area contributed by atoms with Crippen LogP contribution in [0.5, 0.6) is 0 Å². The van der Waals surface area contributed by atoms with E-state index in [-0.39, 0.29) is 24.0 Å². The van der Waals surface area contributed by atoms with Crippen molar-refractivity contribution in [2.45, 2.75) is 58.9 Å². The van der Waals surface area contributed by atoms with Gasteiger partial charge in [-0.25, -0.2) is 0 Å². The van der Waals surface area contributed by atoms with E-state index in [4.69, 9.17) is 5.73 Å². The fraction of sp³-hybridized carbons (Fsp3) is 0.650. The van der Waals surface area contributed by atoms with E-state index in [2.05, 4.69) is 67.2 Å². The second kappa shape index (κ2) is 11.0. The normalized spacial score (nSPS) is 20.2. The Bertz CT molecular complexity index is 527. The fourth-order valence-electron chi connectivity index (χ4n) is 3.26. The number of nitrogens with zero attached hydrogens (tertiary/aromatic N) is 2. The monoisotopic (exact) mass is 458 g/mol. The third-order valence-electron chi connectivity index (χ3n) is 5.17. The van der Waals surface area contributed by atoms with Gasteiger partial charge in [-0.1, -0.05) is 26.0 Å². The number of hydrogen-bond donors (Lipinski definition) is 2. The number of benzene rings is 1. The van der Waals surface area contributed by atoms with Crippen LogP contribution >= 0.6 is 24.0 Å². The lowest BCUT2D eigenvalue weighted by Crippen LogP contribution is -2.41. The standard InChI is InChI=1S/C20H34N4.HI/c1-5-16(4)18-8-10-19(11-9-18)23-20(21)22-13-17-7-6-12-24(14-17)15(2)3;/h8-11,15-17H,5-7,12-14H2,1-4H3,(H3,21,22,23);1H. The third-order valence-corrected chi connectivity index (χ3v) is 5.17. The number of rotatable bonds is 6. The summed E-state index contributed by atoms with van der Waals surface area (Å²) in [7, 11) is 0. The van der Waals surface area contributed by atoms with Gasteiger partial charge in [0.25, 0.3) is 0 Å². The molecule has 2 rings (SSSR count). The molecule has 1 fully saturated rings. The first-order valence-electron chi connectivity index (χ1n) is 9.40. The second-order valence-electron chi connectivity index (χ2n) is 7.38. The third kappa shape index (κ3) is 7.13. The number of anilines is 1. The first kappa shape index (κ1) is 22.2. The molecule has 3 N–H and O–H groups in total. The maximum atomic E-state index is 6.07. The zero-order valence-electron chi connectivity index (χ0n) is 16.2. The zero-order valence-corrected chi connectivity index (χ0v) is 18.5. The summed E-state index contributed by atoms with van der Waals surface area (Å²) >= 11 is 0. The molecular formula is C20H35IN4. The van der Waals surface area contributed by atoms with E-state index in [1.165, 1.54) is 24.9 Å². The number of likely N-dealkylation sites (tertiary alicyclic amines) is 1. The van der Waals surface area contributed by atoms with Crippen molar-refractivity contribution in [2.75, 3.05) is 25.0 Å². The van der Waals surface area contributed by atoms with Crippen molar-refractivity contribution in [3.8, 4) is 0 Å². The van der Waals surface area contributed by atoms with E-state index in [1.807, 2.05) is 0 Å². The van der Waals surface area contributed by atoms with E-state index in [0.29, 0.717) is 23.8 Å². The van der Waals surface area contributed by atoms with Crippen LogP contribution in [0.4, 0.5) is 5.69 Å². The first-order chi connectivity index (χ1) is 11.5. The Kier molecular flexibility index (Phi) is 9.79. The van der Waals surface area contributed by atoms with E-state index in [9.17, 15) is 0 Å². The summed E-state index contributed by atoms with van der Waals surface area (Å²) in [6.45, 7) is 12.2. The number of piperidine rings is 1. The molecule has 142 valence electrons. The van der Waals surface area contributed by atoms with Gasteiger partial charge in [0.2, 0.25) is 0 Å². The predicted octanol–water partition coefficient (Wildman–Crippen LogP) is 4.67. The Morgan fingerprint density at radius 1 is 1.28 bits per heavy atom.